The number of nitrogens with zero attached hydrogens (tertiary/aromatic N) is 1. The van der Waals surface area contributed by atoms with Gasteiger partial charge in [-0.3, -0.25) is 9.59 Å². The number of hydrogen-bond donors (Lipinski definition) is 2. The van der Waals surface area contributed by atoms with Crippen molar-refractivity contribution in [2.45, 2.75) is 26.3 Å². The van der Waals surface area contributed by atoms with E-state index in [0.717, 1.165) is 0 Å². The van der Waals surface area contributed by atoms with Crippen molar-refractivity contribution in [3.63, 3.8) is 0 Å². The van der Waals surface area contributed by atoms with E-state index in [1.54, 1.807) is 42.5 Å². The van der Waals surface area contributed by atoms with Crippen molar-refractivity contribution in [2.24, 2.45) is 0 Å². The fraction of sp³-hybridized carbons (Fsp3) is 0.235. The molecule has 2 N–H and O–H groups in total. The van der Waals surface area contributed by atoms with E-state index in [-0.39, 0.29) is 22.8 Å². The zero-order valence-corrected chi connectivity index (χ0v) is 13.9. The number of amides is 2. The zero-order valence-electron chi connectivity index (χ0n) is 13.2. The number of nitrogens with one attached hydrogen (secondary N) is 2. The van der Waals surface area contributed by atoms with Gasteiger partial charge in [0.05, 0.1) is 10.7 Å². The smallest absolute Gasteiger partial charge is 0.274 e. The summed E-state index contributed by atoms with van der Waals surface area (Å²) in [5, 5.41) is 5.91. The summed E-state index contributed by atoms with van der Waals surface area (Å²) in [4.78, 5) is 28.5. The SMILES string of the molecule is CC(C)(C)NC(=O)c1cccc(C(=O)Nc2ccccc2Cl)n1. The lowest BCUT2D eigenvalue weighted by molar-refractivity contribution is 0.0914. The number of benzene rings is 1. The van der Waals surface area contributed by atoms with Crippen molar-refractivity contribution in [1.82, 2.24) is 10.3 Å². The molecular formula is C17H18ClN3O2. The maximum atomic E-state index is 12.3. The molecule has 0 spiro atoms. The molecule has 2 aromatic rings. The summed E-state index contributed by atoms with van der Waals surface area (Å²) in [6.45, 7) is 5.62. The molecule has 0 radical (unpaired) electrons. The third-order valence-corrected chi connectivity index (χ3v) is 3.15. The molecule has 0 aliphatic carbocycles. The van der Waals surface area contributed by atoms with E-state index in [1.165, 1.54) is 0 Å². The fourth-order valence-corrected chi connectivity index (χ4v) is 2.02. The van der Waals surface area contributed by atoms with E-state index in [2.05, 4.69) is 15.6 Å². The number of rotatable bonds is 3. The topological polar surface area (TPSA) is 71.1 Å². The summed E-state index contributed by atoms with van der Waals surface area (Å²) in [6.07, 6.45) is 0. The van der Waals surface area contributed by atoms with Gasteiger partial charge in [0.2, 0.25) is 0 Å². The molecule has 23 heavy (non-hydrogen) atoms. The molecular weight excluding hydrogens is 314 g/mol. The maximum Gasteiger partial charge on any atom is 0.274 e. The second-order valence-corrected chi connectivity index (χ2v) is 6.45. The molecule has 0 unspecified atom stereocenters. The Morgan fingerprint density at radius 2 is 1.57 bits per heavy atom. The molecule has 1 heterocycles. The number of anilines is 1. The molecule has 5 nitrogen and oxygen atoms in total. The van der Waals surface area contributed by atoms with Crippen LogP contribution < -0.4 is 10.6 Å². The lowest BCUT2D eigenvalue weighted by Gasteiger charge is -2.20. The van der Waals surface area contributed by atoms with E-state index < -0.39 is 5.91 Å². The normalized spacial score (nSPS) is 11.0. The highest BCUT2D eigenvalue weighted by molar-refractivity contribution is 6.33. The van der Waals surface area contributed by atoms with Gasteiger partial charge in [0.15, 0.2) is 0 Å². The first-order valence-electron chi connectivity index (χ1n) is 7.12. The van der Waals surface area contributed by atoms with Gasteiger partial charge in [-0.25, -0.2) is 4.98 Å². The molecule has 0 saturated carbocycles. The van der Waals surface area contributed by atoms with Crippen molar-refractivity contribution in [3.8, 4) is 0 Å². The molecule has 1 aromatic heterocycles. The number of pyridine rings is 1. The fourth-order valence-electron chi connectivity index (χ4n) is 1.84. The van der Waals surface area contributed by atoms with Crippen molar-refractivity contribution >= 4 is 29.1 Å². The quantitative estimate of drug-likeness (QED) is 0.904. The van der Waals surface area contributed by atoms with Crippen molar-refractivity contribution in [3.05, 3.63) is 58.9 Å². The van der Waals surface area contributed by atoms with Crippen molar-refractivity contribution in [1.29, 1.82) is 0 Å². The number of para-hydroxylation sites is 1. The lowest BCUT2D eigenvalue weighted by Crippen LogP contribution is -2.41. The molecule has 0 saturated heterocycles. The van der Waals surface area contributed by atoms with Crippen molar-refractivity contribution < 1.29 is 9.59 Å². The number of carbonyl (C=O) groups is 2. The van der Waals surface area contributed by atoms with E-state index in [9.17, 15) is 9.59 Å². The van der Waals surface area contributed by atoms with Gasteiger partial charge >= 0.3 is 0 Å². The minimum atomic E-state index is -0.427. The molecule has 2 rings (SSSR count). The first-order valence-corrected chi connectivity index (χ1v) is 7.49. The highest BCUT2D eigenvalue weighted by atomic mass is 35.5. The second kappa shape index (κ2) is 6.79. The van der Waals surface area contributed by atoms with E-state index in [4.69, 9.17) is 11.6 Å². The van der Waals surface area contributed by atoms with Crippen LogP contribution in [0.5, 0.6) is 0 Å². The summed E-state index contributed by atoms with van der Waals surface area (Å²) in [5.41, 5.74) is 0.443. The average molecular weight is 332 g/mol. The van der Waals surface area contributed by atoms with Gasteiger partial charge in [0.25, 0.3) is 11.8 Å². The first kappa shape index (κ1) is 17.0. The summed E-state index contributed by atoms with van der Waals surface area (Å²) in [5.74, 6) is -0.756. The van der Waals surface area contributed by atoms with Gasteiger partial charge in [-0.2, -0.15) is 0 Å². The molecule has 0 fully saturated rings. The average Bonchev–Trinajstić information content (AvgIpc) is 2.48. The van der Waals surface area contributed by atoms with Gasteiger partial charge in [-0.1, -0.05) is 29.8 Å². The van der Waals surface area contributed by atoms with Crippen LogP contribution in [0.1, 0.15) is 41.7 Å². The molecule has 120 valence electrons. The van der Waals surface area contributed by atoms with Crippen molar-refractivity contribution in [2.75, 3.05) is 5.32 Å². The number of aromatic nitrogens is 1. The van der Waals surface area contributed by atoms with Crippen LogP contribution in [-0.4, -0.2) is 22.3 Å². The van der Waals surface area contributed by atoms with Gasteiger partial charge in [0, 0.05) is 5.54 Å². The number of hydrogen-bond acceptors (Lipinski definition) is 3. The van der Waals surface area contributed by atoms with Crippen LogP contribution in [0.25, 0.3) is 0 Å². The van der Waals surface area contributed by atoms with Gasteiger partial charge in [0.1, 0.15) is 11.4 Å². The third-order valence-electron chi connectivity index (χ3n) is 2.82. The Balaban J connectivity index is 2.18. The molecule has 0 aliphatic heterocycles. The Labute approximate surface area is 140 Å². The van der Waals surface area contributed by atoms with E-state index in [0.29, 0.717) is 10.7 Å². The summed E-state index contributed by atoms with van der Waals surface area (Å²) < 4.78 is 0. The van der Waals surface area contributed by atoms with Crippen LogP contribution in [0.4, 0.5) is 5.69 Å². The highest BCUT2D eigenvalue weighted by Crippen LogP contribution is 2.21. The summed E-state index contributed by atoms with van der Waals surface area (Å²) >= 11 is 6.01. The molecule has 0 aliphatic rings. The van der Waals surface area contributed by atoms with Crippen LogP contribution in [0.2, 0.25) is 5.02 Å². The first-order chi connectivity index (χ1) is 10.8. The Bertz CT molecular complexity index is 739. The molecule has 0 atom stereocenters. The molecule has 1 aromatic carbocycles. The number of halogens is 1. The minimum Gasteiger partial charge on any atom is -0.346 e. The van der Waals surface area contributed by atoms with E-state index >= 15 is 0 Å². The maximum absolute atomic E-state index is 12.3. The van der Waals surface area contributed by atoms with E-state index in [1.807, 2.05) is 20.8 Å². The predicted octanol–water partition coefficient (Wildman–Crippen LogP) is 3.52. The van der Waals surface area contributed by atoms with Crippen LogP contribution >= 0.6 is 11.6 Å². The lowest BCUT2D eigenvalue weighted by atomic mass is 10.1. The Hall–Kier alpha value is -2.40. The Morgan fingerprint density at radius 3 is 2.17 bits per heavy atom. The van der Waals surface area contributed by atoms with Crippen LogP contribution in [-0.2, 0) is 0 Å². The highest BCUT2D eigenvalue weighted by Gasteiger charge is 2.18. The largest absolute Gasteiger partial charge is 0.346 e. The predicted molar refractivity (Wildman–Crippen MR) is 90.9 cm³/mol. The number of carbonyl (C=O) groups excluding carboxylic acids is 2. The van der Waals surface area contributed by atoms with Crippen LogP contribution in [0.3, 0.4) is 0 Å². The standard InChI is InChI=1S/C17H18ClN3O2/c1-17(2,3)21-16(23)14-10-6-9-13(19-14)15(22)20-12-8-5-4-7-11(12)18/h4-10H,1-3H3,(H,20,22)(H,21,23). The Morgan fingerprint density at radius 1 is 0.957 bits per heavy atom. The third kappa shape index (κ3) is 4.79. The van der Waals surface area contributed by atoms with Gasteiger partial charge < -0.3 is 10.6 Å². The van der Waals surface area contributed by atoms with Gasteiger partial charge in [-0.15, -0.1) is 0 Å². The van der Waals surface area contributed by atoms with Crippen LogP contribution in [0.15, 0.2) is 42.5 Å². The monoisotopic (exact) mass is 331 g/mol. The minimum absolute atomic E-state index is 0.145. The molecule has 6 heteroatoms. The summed E-state index contributed by atoms with van der Waals surface area (Å²) in [6, 6.07) is 11.6. The second-order valence-electron chi connectivity index (χ2n) is 6.05. The zero-order chi connectivity index (χ0) is 17.0. The summed E-state index contributed by atoms with van der Waals surface area (Å²) in [7, 11) is 0. The Kier molecular flexibility index (Phi) is 5.01. The molecule has 0 bridgehead atoms. The van der Waals surface area contributed by atoms with Crippen LogP contribution in [0, 0.1) is 0 Å². The van der Waals surface area contributed by atoms with Gasteiger partial charge in [-0.05, 0) is 45.0 Å². The molecule has 2 amide bonds.